The molecule has 0 spiro atoms. The van der Waals surface area contributed by atoms with Gasteiger partial charge in [0.1, 0.15) is 6.54 Å². The molecule has 0 atom stereocenters. The molecule has 2 N–H and O–H groups in total. The van der Waals surface area contributed by atoms with E-state index in [1.807, 2.05) is 5.01 Å². The lowest BCUT2D eigenvalue weighted by atomic mass is 9.95. The minimum Gasteiger partial charge on any atom is -0.468 e. The number of methoxy groups -OCH3 is 1. The van der Waals surface area contributed by atoms with Crippen LogP contribution in [0.4, 0.5) is 0 Å². The minimum atomic E-state index is -0.269. The highest BCUT2D eigenvalue weighted by atomic mass is 16.5. The normalized spacial score (nSPS) is 24.6. The van der Waals surface area contributed by atoms with Crippen LogP contribution in [0.2, 0.25) is 0 Å². The van der Waals surface area contributed by atoms with E-state index in [1.165, 1.54) is 20.0 Å². The van der Waals surface area contributed by atoms with E-state index in [9.17, 15) is 9.59 Å². The number of carbonyl (C=O) groups is 2. The molecule has 26 heavy (non-hydrogen) atoms. The van der Waals surface area contributed by atoms with Gasteiger partial charge in [-0.3, -0.25) is 14.5 Å². The number of piperidine rings is 2. The Kier molecular flexibility index (Phi) is 7.24. The zero-order chi connectivity index (χ0) is 18.4. The summed E-state index contributed by atoms with van der Waals surface area (Å²) in [7, 11) is 1.39. The molecule has 3 aliphatic rings. The number of nitrogens with one attached hydrogen (secondary N) is 2. The summed E-state index contributed by atoms with van der Waals surface area (Å²) < 4.78 is 4.64. The number of ether oxygens (including phenoxy) is 1. The van der Waals surface area contributed by atoms with Crippen LogP contribution in [0.25, 0.3) is 0 Å². The number of amides is 1. The van der Waals surface area contributed by atoms with Crippen LogP contribution in [0.15, 0.2) is 0 Å². The fraction of sp³-hybridized carbons (Fsp3) is 0.889. The number of carbonyl (C=O) groups excluding carboxylic acids is 2. The fourth-order valence-corrected chi connectivity index (χ4v) is 4.27. The fourth-order valence-electron chi connectivity index (χ4n) is 4.27. The molecule has 3 aliphatic heterocycles. The Morgan fingerprint density at radius 1 is 1.00 bits per heavy atom. The molecule has 0 aliphatic carbocycles. The lowest BCUT2D eigenvalue weighted by molar-refractivity contribution is -0.142. The van der Waals surface area contributed by atoms with Crippen LogP contribution >= 0.6 is 0 Å². The Labute approximate surface area is 156 Å². The van der Waals surface area contributed by atoms with Crippen molar-refractivity contribution in [3.63, 3.8) is 0 Å². The molecule has 0 radical (unpaired) electrons. The number of piperazine rings is 1. The van der Waals surface area contributed by atoms with Crippen LogP contribution in [-0.4, -0.2) is 98.7 Å². The van der Waals surface area contributed by atoms with Crippen LogP contribution < -0.4 is 10.7 Å². The highest BCUT2D eigenvalue weighted by molar-refractivity contribution is 5.79. The summed E-state index contributed by atoms with van der Waals surface area (Å²) in [4.78, 5) is 28.7. The van der Waals surface area contributed by atoms with Crippen LogP contribution in [-0.2, 0) is 14.3 Å². The quantitative estimate of drug-likeness (QED) is 0.621. The Morgan fingerprint density at radius 2 is 1.65 bits per heavy atom. The Hall–Kier alpha value is -1.22. The molecule has 0 aromatic rings. The van der Waals surface area contributed by atoms with Gasteiger partial charge in [0.25, 0.3) is 0 Å². The van der Waals surface area contributed by atoms with Gasteiger partial charge in [-0.05, 0) is 38.8 Å². The Morgan fingerprint density at radius 3 is 2.27 bits per heavy atom. The van der Waals surface area contributed by atoms with Crippen LogP contribution in [0.5, 0.6) is 0 Å². The zero-order valence-electron chi connectivity index (χ0n) is 15.9. The number of esters is 1. The third-order valence-corrected chi connectivity index (χ3v) is 5.97. The van der Waals surface area contributed by atoms with Gasteiger partial charge in [0.15, 0.2) is 0 Å². The molecule has 0 bridgehead atoms. The average Bonchev–Trinajstić information content (AvgIpc) is 2.72. The predicted molar refractivity (Wildman–Crippen MR) is 98.4 cm³/mol. The summed E-state index contributed by atoms with van der Waals surface area (Å²) in [6.07, 6.45) is 4.15. The number of rotatable bonds is 5. The van der Waals surface area contributed by atoms with Gasteiger partial charge in [0.2, 0.25) is 5.91 Å². The molecular weight excluding hydrogens is 334 g/mol. The molecule has 8 nitrogen and oxygen atoms in total. The summed E-state index contributed by atoms with van der Waals surface area (Å²) in [5.74, 6) is 0.175. The van der Waals surface area contributed by atoms with Gasteiger partial charge in [-0.15, -0.1) is 0 Å². The molecular formula is C18H33N5O3. The van der Waals surface area contributed by atoms with E-state index in [4.69, 9.17) is 0 Å². The van der Waals surface area contributed by atoms with Crippen molar-refractivity contribution < 1.29 is 14.3 Å². The maximum absolute atomic E-state index is 12.8. The van der Waals surface area contributed by atoms with Gasteiger partial charge in [0.05, 0.1) is 7.11 Å². The van der Waals surface area contributed by atoms with Gasteiger partial charge in [-0.1, -0.05) is 0 Å². The molecule has 3 fully saturated rings. The molecule has 8 heteroatoms. The largest absolute Gasteiger partial charge is 0.468 e. The highest BCUT2D eigenvalue weighted by Crippen LogP contribution is 2.21. The predicted octanol–water partition coefficient (Wildman–Crippen LogP) is -0.728. The van der Waals surface area contributed by atoms with Gasteiger partial charge in [0, 0.05) is 51.2 Å². The van der Waals surface area contributed by atoms with E-state index in [0.717, 1.165) is 65.2 Å². The third-order valence-electron chi connectivity index (χ3n) is 5.97. The molecule has 0 unspecified atom stereocenters. The third kappa shape index (κ3) is 5.16. The first-order valence-electron chi connectivity index (χ1n) is 9.96. The second-order valence-electron chi connectivity index (χ2n) is 7.51. The van der Waals surface area contributed by atoms with E-state index in [2.05, 4.69) is 25.3 Å². The first-order valence-corrected chi connectivity index (χ1v) is 9.96. The lowest BCUT2D eigenvalue weighted by Gasteiger charge is -2.42. The Balaban J connectivity index is 1.37. The monoisotopic (exact) mass is 367 g/mol. The van der Waals surface area contributed by atoms with Gasteiger partial charge in [-0.25, -0.2) is 10.4 Å². The second-order valence-corrected chi connectivity index (χ2v) is 7.51. The molecule has 148 valence electrons. The number of hydrogen-bond donors (Lipinski definition) is 2. The standard InChI is InChI=1S/C18H33N5O3/c1-26-17(24)14-20-23-8-4-15(5-9-23)18(25)22-12-10-21(11-13-22)16-2-6-19-7-3-16/h15-16,19-20H,2-14H2,1H3. The van der Waals surface area contributed by atoms with Gasteiger partial charge in [-0.2, -0.15) is 0 Å². The first kappa shape index (κ1) is 19.5. The van der Waals surface area contributed by atoms with Crippen molar-refractivity contribution in [2.24, 2.45) is 5.92 Å². The van der Waals surface area contributed by atoms with Crippen molar-refractivity contribution in [3.05, 3.63) is 0 Å². The summed E-state index contributed by atoms with van der Waals surface area (Å²) in [5, 5.41) is 5.44. The highest BCUT2D eigenvalue weighted by Gasteiger charge is 2.32. The molecule has 1 amide bonds. The minimum absolute atomic E-state index is 0.122. The number of hydrogen-bond acceptors (Lipinski definition) is 7. The van der Waals surface area contributed by atoms with E-state index in [-0.39, 0.29) is 18.4 Å². The van der Waals surface area contributed by atoms with Crippen molar-refractivity contribution >= 4 is 11.9 Å². The van der Waals surface area contributed by atoms with E-state index < -0.39 is 0 Å². The van der Waals surface area contributed by atoms with Crippen molar-refractivity contribution in [1.29, 1.82) is 0 Å². The smallest absolute Gasteiger partial charge is 0.321 e. The number of hydrazine groups is 1. The van der Waals surface area contributed by atoms with Gasteiger partial charge >= 0.3 is 5.97 Å². The topological polar surface area (TPSA) is 77.2 Å². The summed E-state index contributed by atoms with van der Waals surface area (Å²) in [5.41, 5.74) is 3.08. The summed E-state index contributed by atoms with van der Waals surface area (Å²) in [6.45, 7) is 7.76. The average molecular weight is 367 g/mol. The van der Waals surface area contributed by atoms with Crippen molar-refractivity contribution in [2.45, 2.75) is 31.7 Å². The Bertz CT molecular complexity index is 467. The molecule has 3 heterocycles. The second kappa shape index (κ2) is 9.64. The molecule has 3 saturated heterocycles. The zero-order valence-corrected chi connectivity index (χ0v) is 15.9. The van der Waals surface area contributed by atoms with E-state index in [1.54, 1.807) is 0 Å². The van der Waals surface area contributed by atoms with Crippen molar-refractivity contribution in [2.75, 3.05) is 66.0 Å². The van der Waals surface area contributed by atoms with Crippen LogP contribution in [0.1, 0.15) is 25.7 Å². The van der Waals surface area contributed by atoms with Crippen LogP contribution in [0, 0.1) is 5.92 Å². The molecule has 0 saturated carbocycles. The van der Waals surface area contributed by atoms with Crippen molar-refractivity contribution in [1.82, 2.24) is 25.6 Å². The molecule has 0 aromatic heterocycles. The number of nitrogens with zero attached hydrogens (tertiary/aromatic N) is 3. The molecule has 3 rings (SSSR count). The van der Waals surface area contributed by atoms with Gasteiger partial charge < -0.3 is 15.0 Å². The van der Waals surface area contributed by atoms with Crippen molar-refractivity contribution in [3.8, 4) is 0 Å². The molecule has 0 aromatic carbocycles. The van der Waals surface area contributed by atoms with Crippen LogP contribution in [0.3, 0.4) is 0 Å². The summed E-state index contributed by atoms with van der Waals surface area (Å²) in [6, 6.07) is 0.692. The van der Waals surface area contributed by atoms with E-state index >= 15 is 0 Å². The maximum Gasteiger partial charge on any atom is 0.321 e. The van der Waals surface area contributed by atoms with E-state index in [0.29, 0.717) is 11.9 Å². The first-order chi connectivity index (χ1) is 12.7. The SMILES string of the molecule is COC(=O)CNN1CCC(C(=O)N2CCN(C3CCNCC3)CC2)CC1. The maximum atomic E-state index is 12.8. The summed E-state index contributed by atoms with van der Waals surface area (Å²) >= 11 is 0. The lowest BCUT2D eigenvalue weighted by Crippen LogP contribution is -2.55.